The molecule has 4 unspecified atom stereocenters. The number of para-hydroxylation sites is 1. The molecule has 2 fully saturated rings. The number of nitriles is 3. The van der Waals surface area contributed by atoms with Crippen molar-refractivity contribution in [3.8, 4) is 18.2 Å². The fourth-order valence-corrected chi connectivity index (χ4v) is 4.69. The third-order valence-corrected chi connectivity index (χ3v) is 6.26. The van der Waals surface area contributed by atoms with E-state index in [1.54, 1.807) is 37.3 Å². The molecule has 9 heteroatoms. The van der Waals surface area contributed by atoms with Gasteiger partial charge in [-0.1, -0.05) is 49.4 Å². The standard InChI is InChI=1S/C22H15N5O4/c1-14-21(13-25)19(26)31-22(14,15-7-3-2-4-8-15)30-18(20(21,11-23)12-24)16-9-5-6-10-17(16)27(28)29/h2-10,14,18,26H,1H3. The molecule has 9 nitrogen and oxygen atoms in total. The second kappa shape index (κ2) is 6.63. The summed E-state index contributed by atoms with van der Waals surface area (Å²) < 4.78 is 12.1. The third kappa shape index (κ3) is 2.23. The Morgan fingerprint density at radius 2 is 1.65 bits per heavy atom. The third-order valence-electron chi connectivity index (χ3n) is 6.26. The predicted molar refractivity (Wildman–Crippen MR) is 105 cm³/mol. The molecule has 2 bridgehead atoms. The average molecular weight is 413 g/mol. The van der Waals surface area contributed by atoms with Gasteiger partial charge in [-0.25, -0.2) is 0 Å². The highest BCUT2D eigenvalue weighted by molar-refractivity contribution is 5.89. The molecule has 2 aliphatic heterocycles. The number of ether oxygens (including phenoxy) is 2. The van der Waals surface area contributed by atoms with Gasteiger partial charge in [0.05, 0.1) is 34.6 Å². The number of hydrogen-bond acceptors (Lipinski definition) is 8. The van der Waals surface area contributed by atoms with Crippen LogP contribution >= 0.6 is 0 Å². The zero-order chi connectivity index (χ0) is 22.4. The van der Waals surface area contributed by atoms with Crippen LogP contribution in [0.2, 0.25) is 0 Å². The van der Waals surface area contributed by atoms with Gasteiger partial charge < -0.3 is 9.47 Å². The lowest BCUT2D eigenvalue weighted by molar-refractivity contribution is -0.387. The molecule has 0 radical (unpaired) electrons. The van der Waals surface area contributed by atoms with Gasteiger partial charge in [0.25, 0.3) is 5.69 Å². The molecule has 4 atom stereocenters. The molecule has 0 saturated carbocycles. The number of nitro benzene ring substituents is 1. The van der Waals surface area contributed by atoms with E-state index in [1.165, 1.54) is 24.3 Å². The van der Waals surface area contributed by atoms with E-state index in [0.717, 1.165) is 0 Å². The first-order chi connectivity index (χ1) is 14.8. The summed E-state index contributed by atoms with van der Waals surface area (Å²) in [4.78, 5) is 11.1. The lowest BCUT2D eigenvalue weighted by Crippen LogP contribution is -2.57. The Labute approximate surface area is 177 Å². The molecule has 0 aromatic heterocycles. The first-order valence-corrected chi connectivity index (χ1v) is 9.33. The van der Waals surface area contributed by atoms with E-state index in [2.05, 4.69) is 0 Å². The summed E-state index contributed by atoms with van der Waals surface area (Å²) in [6, 6.07) is 19.9. The fourth-order valence-electron chi connectivity index (χ4n) is 4.69. The molecular weight excluding hydrogens is 398 g/mol. The zero-order valence-corrected chi connectivity index (χ0v) is 16.3. The first kappa shape index (κ1) is 20.0. The summed E-state index contributed by atoms with van der Waals surface area (Å²) >= 11 is 0. The summed E-state index contributed by atoms with van der Waals surface area (Å²) in [5, 5.41) is 50.8. The maximum Gasteiger partial charge on any atom is 0.275 e. The SMILES string of the molecule is CC1C2(c3ccccc3)OC(=N)C1(C#N)C(C#N)(C#N)C(c1ccccc1[N+](=O)[O-])O2. The summed E-state index contributed by atoms with van der Waals surface area (Å²) in [5.41, 5.74) is -4.21. The van der Waals surface area contributed by atoms with Crippen LogP contribution in [0.4, 0.5) is 5.69 Å². The van der Waals surface area contributed by atoms with E-state index in [-0.39, 0.29) is 11.3 Å². The van der Waals surface area contributed by atoms with Crippen molar-refractivity contribution in [1.82, 2.24) is 0 Å². The maximum absolute atomic E-state index is 11.7. The second-order valence-electron chi connectivity index (χ2n) is 7.45. The van der Waals surface area contributed by atoms with Gasteiger partial charge in [-0.2, -0.15) is 15.8 Å². The minimum absolute atomic E-state index is 0.0410. The molecule has 0 spiro atoms. The number of rotatable bonds is 3. The van der Waals surface area contributed by atoms with E-state index < -0.39 is 39.5 Å². The molecule has 2 aliphatic rings. The molecule has 0 amide bonds. The molecule has 152 valence electrons. The molecule has 2 aromatic carbocycles. The lowest BCUT2D eigenvalue weighted by atomic mass is 9.53. The Morgan fingerprint density at radius 3 is 2.23 bits per heavy atom. The molecule has 0 aliphatic carbocycles. The quantitative estimate of drug-likeness (QED) is 0.593. The smallest absolute Gasteiger partial charge is 0.275 e. The van der Waals surface area contributed by atoms with Crippen LogP contribution in [0, 0.1) is 66.3 Å². The van der Waals surface area contributed by atoms with E-state index in [4.69, 9.17) is 14.9 Å². The Bertz CT molecular complexity index is 1210. The Hall–Kier alpha value is -4.26. The van der Waals surface area contributed by atoms with Gasteiger partial charge in [-0.05, 0) is 6.07 Å². The van der Waals surface area contributed by atoms with Gasteiger partial charge in [0, 0.05) is 11.6 Å². The fraction of sp³-hybridized carbons (Fsp3) is 0.273. The molecule has 31 heavy (non-hydrogen) atoms. The number of benzene rings is 2. The Kier molecular flexibility index (Phi) is 4.29. The lowest BCUT2D eigenvalue weighted by Gasteiger charge is -2.48. The van der Waals surface area contributed by atoms with E-state index in [1.807, 2.05) is 18.2 Å². The number of nitrogens with zero attached hydrogens (tertiary/aromatic N) is 4. The average Bonchev–Trinajstić information content (AvgIpc) is 2.96. The van der Waals surface area contributed by atoms with Crippen molar-refractivity contribution in [3.05, 3.63) is 75.8 Å². The van der Waals surface area contributed by atoms with Crippen LogP contribution in [0.25, 0.3) is 0 Å². The molecule has 1 N–H and O–H groups in total. The van der Waals surface area contributed by atoms with Crippen molar-refractivity contribution in [2.45, 2.75) is 18.8 Å². The Balaban J connectivity index is 2.09. The van der Waals surface area contributed by atoms with Crippen LogP contribution in [0.15, 0.2) is 54.6 Å². The van der Waals surface area contributed by atoms with Crippen molar-refractivity contribution in [2.24, 2.45) is 16.7 Å². The van der Waals surface area contributed by atoms with Crippen LogP contribution in [0.3, 0.4) is 0 Å². The van der Waals surface area contributed by atoms with Gasteiger partial charge in [-0.15, -0.1) is 0 Å². The number of nitro groups is 1. The topological polar surface area (TPSA) is 157 Å². The predicted octanol–water partition coefficient (Wildman–Crippen LogP) is 3.71. The minimum Gasteiger partial charge on any atom is -0.443 e. The van der Waals surface area contributed by atoms with Crippen molar-refractivity contribution in [2.75, 3.05) is 0 Å². The van der Waals surface area contributed by atoms with Gasteiger partial charge in [0.1, 0.15) is 6.10 Å². The molecule has 4 rings (SSSR count). The second-order valence-corrected chi connectivity index (χ2v) is 7.45. The highest BCUT2D eigenvalue weighted by atomic mass is 16.7. The van der Waals surface area contributed by atoms with Crippen molar-refractivity contribution < 1.29 is 14.4 Å². The van der Waals surface area contributed by atoms with Crippen LogP contribution in [0.1, 0.15) is 24.2 Å². The normalized spacial score (nSPS) is 30.3. The van der Waals surface area contributed by atoms with Crippen LogP contribution in [0.5, 0.6) is 0 Å². The molecule has 2 aromatic rings. The summed E-state index contributed by atoms with van der Waals surface area (Å²) in [7, 11) is 0. The van der Waals surface area contributed by atoms with Crippen molar-refractivity contribution in [3.63, 3.8) is 0 Å². The highest BCUT2D eigenvalue weighted by Gasteiger charge is 2.80. The van der Waals surface area contributed by atoms with Crippen molar-refractivity contribution >= 4 is 11.6 Å². The largest absolute Gasteiger partial charge is 0.443 e. The van der Waals surface area contributed by atoms with Crippen LogP contribution < -0.4 is 0 Å². The Morgan fingerprint density at radius 1 is 1.03 bits per heavy atom. The summed E-state index contributed by atoms with van der Waals surface area (Å²) in [6.45, 7) is 1.58. The van der Waals surface area contributed by atoms with Gasteiger partial charge in [0.15, 0.2) is 5.41 Å². The number of hydrogen-bond donors (Lipinski definition) is 1. The highest BCUT2D eigenvalue weighted by Crippen LogP contribution is 2.69. The monoisotopic (exact) mass is 413 g/mol. The van der Waals surface area contributed by atoms with Gasteiger partial charge in [0.2, 0.25) is 17.1 Å². The molecular formula is C22H15N5O4. The van der Waals surface area contributed by atoms with Crippen LogP contribution in [-0.2, 0) is 15.3 Å². The first-order valence-electron chi connectivity index (χ1n) is 9.33. The number of nitrogens with one attached hydrogen (secondary N) is 1. The van der Waals surface area contributed by atoms with E-state index >= 15 is 0 Å². The van der Waals surface area contributed by atoms with Crippen LogP contribution in [-0.4, -0.2) is 10.8 Å². The maximum atomic E-state index is 11.7. The van der Waals surface area contributed by atoms with Gasteiger partial charge in [-0.3, -0.25) is 15.5 Å². The van der Waals surface area contributed by atoms with Crippen molar-refractivity contribution in [1.29, 1.82) is 21.2 Å². The molecule has 2 saturated heterocycles. The molecule has 2 heterocycles. The number of fused-ring (bicyclic) bond motifs is 2. The zero-order valence-electron chi connectivity index (χ0n) is 16.3. The summed E-state index contributed by atoms with van der Waals surface area (Å²) in [5.74, 6) is -3.19. The minimum atomic E-state index is -2.26. The van der Waals surface area contributed by atoms with E-state index in [0.29, 0.717) is 5.56 Å². The van der Waals surface area contributed by atoms with Gasteiger partial charge >= 0.3 is 0 Å². The summed E-state index contributed by atoms with van der Waals surface area (Å²) in [6.07, 6.45) is -1.52. The van der Waals surface area contributed by atoms with E-state index in [9.17, 15) is 25.9 Å².